The normalized spacial score (nSPS) is 29.6. The van der Waals surface area contributed by atoms with Gasteiger partial charge in [-0.05, 0) is 24.5 Å². The van der Waals surface area contributed by atoms with E-state index in [9.17, 15) is 4.79 Å². The first-order valence-electron chi connectivity index (χ1n) is 9.02. The van der Waals surface area contributed by atoms with E-state index in [1.54, 1.807) is 0 Å². The van der Waals surface area contributed by atoms with Gasteiger partial charge in [0.15, 0.2) is 0 Å². The molecule has 0 amide bonds. The Morgan fingerprint density at radius 1 is 1.21 bits per heavy atom. The molecule has 1 N–H and O–H groups in total. The molecule has 4 unspecified atom stereocenters. The molecule has 1 aromatic carbocycles. The highest BCUT2D eigenvalue weighted by Crippen LogP contribution is 2.33. The van der Waals surface area contributed by atoms with Gasteiger partial charge < -0.3 is 22.0 Å². The van der Waals surface area contributed by atoms with E-state index in [1.807, 2.05) is 6.92 Å². The molecular formula is C20H32ClNO2. The van der Waals surface area contributed by atoms with Gasteiger partial charge in [0.2, 0.25) is 0 Å². The van der Waals surface area contributed by atoms with Gasteiger partial charge in [-0.3, -0.25) is 4.79 Å². The summed E-state index contributed by atoms with van der Waals surface area (Å²) in [6.07, 6.45) is 3.25. The van der Waals surface area contributed by atoms with Crippen LogP contribution in [0.3, 0.4) is 0 Å². The fraction of sp³-hybridized carbons (Fsp3) is 0.650. The van der Waals surface area contributed by atoms with E-state index in [1.165, 1.54) is 16.0 Å². The number of halogens is 1. The molecule has 0 bridgehead atoms. The third-order valence-corrected chi connectivity index (χ3v) is 5.56. The largest absolute Gasteiger partial charge is 1.00 e. The molecule has 4 atom stereocenters. The summed E-state index contributed by atoms with van der Waals surface area (Å²) in [6.45, 7) is 9.59. The van der Waals surface area contributed by atoms with Crippen LogP contribution in [-0.4, -0.2) is 31.2 Å². The number of piperidine rings is 1. The molecule has 0 aliphatic carbocycles. The first-order valence-corrected chi connectivity index (χ1v) is 9.02. The first-order chi connectivity index (χ1) is 10.9. The number of esters is 1. The number of benzene rings is 1. The number of carbonyl (C=O) groups excluding carboxylic acids is 1. The molecule has 1 aromatic rings. The Balaban J connectivity index is 0.00000288. The molecule has 24 heavy (non-hydrogen) atoms. The van der Waals surface area contributed by atoms with Crippen LogP contribution in [0.25, 0.3) is 0 Å². The van der Waals surface area contributed by atoms with Gasteiger partial charge in [0.1, 0.15) is 5.60 Å². The number of quaternary nitrogens is 1. The second kappa shape index (κ2) is 8.87. The minimum Gasteiger partial charge on any atom is -1.00 e. The maximum absolute atomic E-state index is 12.1. The van der Waals surface area contributed by atoms with Gasteiger partial charge in [-0.15, -0.1) is 0 Å². The zero-order valence-electron chi connectivity index (χ0n) is 15.7. The van der Waals surface area contributed by atoms with E-state index >= 15 is 0 Å². The Morgan fingerprint density at radius 3 is 2.33 bits per heavy atom. The lowest BCUT2D eigenvalue weighted by Crippen LogP contribution is -3.15. The van der Waals surface area contributed by atoms with Crippen LogP contribution in [0, 0.1) is 5.92 Å². The Labute approximate surface area is 153 Å². The Hall–Kier alpha value is -1.06. The zero-order chi connectivity index (χ0) is 17.0. The van der Waals surface area contributed by atoms with Gasteiger partial charge in [0.25, 0.3) is 0 Å². The number of nitrogens with one attached hydrogen (secondary N) is 1. The lowest BCUT2D eigenvalue weighted by molar-refractivity contribution is -0.915. The van der Waals surface area contributed by atoms with Crippen molar-refractivity contribution in [2.24, 2.45) is 5.92 Å². The van der Waals surface area contributed by atoms with Crippen LogP contribution in [-0.2, 0) is 22.4 Å². The quantitative estimate of drug-likeness (QED) is 0.719. The summed E-state index contributed by atoms with van der Waals surface area (Å²) in [6, 6.07) is 9.29. The van der Waals surface area contributed by atoms with Crippen molar-refractivity contribution in [3.63, 3.8) is 0 Å². The Kier molecular flexibility index (Phi) is 7.75. The third-order valence-electron chi connectivity index (χ3n) is 5.56. The van der Waals surface area contributed by atoms with E-state index in [0.717, 1.165) is 25.8 Å². The van der Waals surface area contributed by atoms with E-state index < -0.39 is 0 Å². The van der Waals surface area contributed by atoms with Gasteiger partial charge in [0.05, 0.1) is 19.6 Å². The Morgan fingerprint density at radius 2 is 1.79 bits per heavy atom. The monoisotopic (exact) mass is 353 g/mol. The third kappa shape index (κ3) is 4.73. The van der Waals surface area contributed by atoms with Crippen LogP contribution in [0.5, 0.6) is 0 Å². The molecule has 0 spiro atoms. The Bertz CT molecular complexity index is 531. The maximum Gasteiger partial charge on any atom is 0.306 e. The van der Waals surface area contributed by atoms with Crippen LogP contribution >= 0.6 is 0 Å². The summed E-state index contributed by atoms with van der Waals surface area (Å²) in [5, 5.41) is 0. The predicted molar refractivity (Wildman–Crippen MR) is 93.6 cm³/mol. The maximum atomic E-state index is 12.1. The van der Waals surface area contributed by atoms with Crippen molar-refractivity contribution in [2.75, 3.05) is 13.6 Å². The fourth-order valence-corrected chi connectivity index (χ4v) is 3.73. The molecule has 3 nitrogen and oxygen atoms in total. The topological polar surface area (TPSA) is 30.7 Å². The second-order valence-electron chi connectivity index (χ2n) is 7.30. The number of rotatable bonds is 5. The van der Waals surface area contributed by atoms with Crippen LogP contribution in [0.1, 0.15) is 51.7 Å². The number of likely N-dealkylation sites (tertiary alicyclic amines) is 1. The summed E-state index contributed by atoms with van der Waals surface area (Å²) in [4.78, 5) is 13.6. The lowest BCUT2D eigenvalue weighted by atomic mass is 9.75. The highest BCUT2D eigenvalue weighted by Gasteiger charge is 2.48. The highest BCUT2D eigenvalue weighted by atomic mass is 35.5. The van der Waals surface area contributed by atoms with Gasteiger partial charge in [-0.2, -0.15) is 0 Å². The molecule has 136 valence electrons. The van der Waals surface area contributed by atoms with Gasteiger partial charge in [-0.25, -0.2) is 0 Å². The SMILES string of the molecule is CCC(=O)OC1(Cc2ccc(CC)cc2)CC(C)[NH+](C)CC1C.[Cl-]. The molecule has 1 aliphatic rings. The fourth-order valence-electron chi connectivity index (χ4n) is 3.73. The number of hydrogen-bond donors (Lipinski definition) is 1. The molecular weight excluding hydrogens is 322 g/mol. The summed E-state index contributed by atoms with van der Waals surface area (Å²) in [5.41, 5.74) is 2.26. The van der Waals surface area contributed by atoms with Crippen LogP contribution < -0.4 is 17.3 Å². The van der Waals surface area contributed by atoms with Crippen molar-refractivity contribution in [1.29, 1.82) is 0 Å². The number of aryl methyl sites for hydroxylation is 1. The smallest absolute Gasteiger partial charge is 0.306 e. The number of hydrogen-bond acceptors (Lipinski definition) is 2. The van der Waals surface area contributed by atoms with E-state index in [4.69, 9.17) is 4.74 Å². The highest BCUT2D eigenvalue weighted by molar-refractivity contribution is 5.69. The van der Waals surface area contributed by atoms with Gasteiger partial charge >= 0.3 is 5.97 Å². The lowest BCUT2D eigenvalue weighted by Gasteiger charge is -2.46. The van der Waals surface area contributed by atoms with Crippen molar-refractivity contribution in [1.82, 2.24) is 0 Å². The van der Waals surface area contributed by atoms with E-state index in [0.29, 0.717) is 18.4 Å². The van der Waals surface area contributed by atoms with E-state index in [-0.39, 0.29) is 24.0 Å². The predicted octanol–water partition coefficient (Wildman–Crippen LogP) is -0.569. The average molecular weight is 354 g/mol. The van der Waals surface area contributed by atoms with Crippen LogP contribution in [0.2, 0.25) is 0 Å². The molecule has 0 aromatic heterocycles. The molecule has 1 aliphatic heterocycles. The van der Waals surface area contributed by atoms with Crippen molar-refractivity contribution < 1.29 is 26.8 Å². The zero-order valence-corrected chi connectivity index (χ0v) is 16.5. The molecule has 0 saturated carbocycles. The summed E-state index contributed by atoms with van der Waals surface area (Å²) in [5.74, 6) is 0.286. The summed E-state index contributed by atoms with van der Waals surface area (Å²) >= 11 is 0. The minimum atomic E-state index is -0.361. The average Bonchev–Trinajstić information content (AvgIpc) is 2.53. The number of carbonyl (C=O) groups is 1. The summed E-state index contributed by atoms with van der Waals surface area (Å²) < 4.78 is 6.07. The van der Waals surface area contributed by atoms with Crippen molar-refractivity contribution >= 4 is 5.97 Å². The molecule has 4 heteroatoms. The summed E-state index contributed by atoms with van der Waals surface area (Å²) in [7, 11) is 2.24. The van der Waals surface area contributed by atoms with Crippen molar-refractivity contribution in [3.05, 3.63) is 35.4 Å². The van der Waals surface area contributed by atoms with Crippen LogP contribution in [0.15, 0.2) is 24.3 Å². The molecule has 1 heterocycles. The standard InChI is InChI=1S/C20H31NO2.ClH/c1-6-17-8-10-18(11-9-17)13-20(23-19(22)7-2)12-16(4)21(5)14-15(20)3;/h8-11,15-16H,6-7,12-14H2,1-5H3;1H. The molecule has 2 rings (SSSR count). The molecule has 0 radical (unpaired) electrons. The second-order valence-corrected chi connectivity index (χ2v) is 7.30. The molecule has 1 saturated heterocycles. The number of ether oxygens (including phenoxy) is 1. The minimum absolute atomic E-state index is 0. The van der Waals surface area contributed by atoms with Crippen molar-refractivity contribution in [3.8, 4) is 0 Å². The van der Waals surface area contributed by atoms with Gasteiger partial charge in [-0.1, -0.05) is 45.0 Å². The molecule has 1 fully saturated rings. The first kappa shape index (κ1) is 21.0. The van der Waals surface area contributed by atoms with Gasteiger partial charge in [0, 0.05) is 25.2 Å². The van der Waals surface area contributed by atoms with Crippen LogP contribution in [0.4, 0.5) is 0 Å². The van der Waals surface area contributed by atoms with Crippen molar-refractivity contribution in [2.45, 2.75) is 65.0 Å². The van der Waals surface area contributed by atoms with E-state index in [2.05, 4.69) is 52.1 Å².